The SMILES string of the molecule is C=C1C[C@H]2C=Nc3cc(OCCCCCOc4cc5c(cc4OC)C(=O)N4CC(=C)C[C@H]4C(O)N5C(=O)OCc4ccc(O[C@@H]5O[C@H](C(=O)O)[C@@H](O)[C@H](O)[C@H]5O)c(C(=O)NCCC(C)(C)OCC)c4)c(OC)cc3C(=O)N2C1. The molecule has 0 aromatic heterocycles. The number of unbranched alkanes of at least 4 members (excludes halogenated alkanes) is 2. The summed E-state index contributed by atoms with van der Waals surface area (Å²) in [5, 5.41) is 55.8. The van der Waals surface area contributed by atoms with Gasteiger partial charge in [-0.15, -0.1) is 0 Å². The molecule has 420 valence electrons. The molecule has 5 aliphatic heterocycles. The normalized spacial score (nSPS) is 23.6. The third-order valence-corrected chi connectivity index (χ3v) is 14.1. The van der Waals surface area contributed by atoms with Crippen LogP contribution in [0.4, 0.5) is 16.2 Å². The van der Waals surface area contributed by atoms with Crippen molar-refractivity contribution in [2.45, 2.75) is 121 Å². The molecule has 0 bridgehead atoms. The summed E-state index contributed by atoms with van der Waals surface area (Å²) in [6.45, 7) is 14.8. The number of ether oxygens (including phenoxy) is 8. The largest absolute Gasteiger partial charge is 0.493 e. The average Bonchev–Trinajstić information content (AvgIpc) is 4.04. The Balaban J connectivity index is 0.964. The number of rotatable bonds is 21. The molecule has 3 aromatic carbocycles. The predicted octanol–water partition coefficient (Wildman–Crippen LogP) is 4.27. The van der Waals surface area contributed by atoms with Crippen molar-refractivity contribution in [1.29, 1.82) is 0 Å². The standard InChI is InChI=1S/C55H67N5O18/c1-8-76-55(4,5)14-15-56-48(64)35-20-31(12-13-39(35)77-53-46(63)44(61)45(62)47(78-53)52(68)69)28-75-54(70)60-37-24-43(41(72-7)22-34(37)50(66)59-27-30(3)19-38(59)51(60)67)74-17-11-9-10-16-73-42-23-36-33(21-40(42)71-6)49(65)58-26-29(2)18-32(58)25-57-36/h12-13,20-25,32,38,44-47,51,53,61-63,67H,2-3,8-11,14-19,26-28H2,1,4-7H3,(H,56,64)(H,68,69)/t32-,38-,44-,45-,46+,47-,51?,53+/m0/s1. The first kappa shape index (κ1) is 56.9. The summed E-state index contributed by atoms with van der Waals surface area (Å²) in [6.07, 6.45) is -7.62. The number of hydrogen-bond donors (Lipinski definition) is 6. The van der Waals surface area contributed by atoms with Gasteiger partial charge in [0.2, 0.25) is 6.29 Å². The van der Waals surface area contributed by atoms with Crippen LogP contribution in [0.25, 0.3) is 0 Å². The van der Waals surface area contributed by atoms with Crippen LogP contribution in [-0.4, -0.2) is 180 Å². The molecule has 0 aliphatic carbocycles. The smallest absolute Gasteiger partial charge is 0.416 e. The zero-order valence-corrected chi connectivity index (χ0v) is 44.2. The molecular weight excluding hydrogens is 1020 g/mol. The van der Waals surface area contributed by atoms with E-state index in [1.807, 2.05) is 20.8 Å². The van der Waals surface area contributed by atoms with E-state index in [1.54, 1.807) is 23.2 Å². The number of aliphatic hydroxyl groups excluding tert-OH is 4. The second kappa shape index (κ2) is 24.2. The molecule has 78 heavy (non-hydrogen) atoms. The number of carboxylic acid groups (broad SMARTS) is 1. The molecule has 0 spiro atoms. The predicted molar refractivity (Wildman–Crippen MR) is 279 cm³/mol. The van der Waals surface area contributed by atoms with Crippen LogP contribution in [0.5, 0.6) is 28.7 Å². The second-order valence-corrected chi connectivity index (χ2v) is 20.2. The number of nitrogens with one attached hydrogen (secondary N) is 1. The summed E-state index contributed by atoms with van der Waals surface area (Å²) in [7, 11) is 2.91. The Morgan fingerprint density at radius 3 is 2.14 bits per heavy atom. The third kappa shape index (κ3) is 12.2. The van der Waals surface area contributed by atoms with Gasteiger partial charge in [-0.2, -0.15) is 0 Å². The number of carboxylic acids is 1. The van der Waals surface area contributed by atoms with Gasteiger partial charge in [-0.25, -0.2) is 14.5 Å². The first-order valence-corrected chi connectivity index (χ1v) is 25.7. The van der Waals surface area contributed by atoms with E-state index in [9.17, 15) is 49.5 Å². The third-order valence-electron chi connectivity index (χ3n) is 14.1. The van der Waals surface area contributed by atoms with E-state index in [0.29, 0.717) is 80.2 Å². The number of carbonyl (C=O) groups excluding carboxylic acids is 4. The molecular formula is C55H67N5O18. The van der Waals surface area contributed by atoms with Crippen LogP contribution in [0.1, 0.15) is 95.9 Å². The highest BCUT2D eigenvalue weighted by atomic mass is 16.7. The highest BCUT2D eigenvalue weighted by molar-refractivity contribution is 6.06. The fraction of sp³-hybridized carbons (Fsp3) is 0.491. The highest BCUT2D eigenvalue weighted by Gasteiger charge is 2.49. The van der Waals surface area contributed by atoms with Crippen molar-refractivity contribution < 1.29 is 87.4 Å². The Bertz CT molecular complexity index is 2840. The van der Waals surface area contributed by atoms with Gasteiger partial charge in [0.1, 0.15) is 30.7 Å². The Kier molecular flexibility index (Phi) is 17.6. The lowest BCUT2D eigenvalue weighted by Crippen LogP contribution is -2.61. The van der Waals surface area contributed by atoms with Gasteiger partial charge < -0.3 is 78.5 Å². The van der Waals surface area contributed by atoms with Gasteiger partial charge in [0.15, 0.2) is 35.3 Å². The van der Waals surface area contributed by atoms with Gasteiger partial charge in [-0.1, -0.05) is 30.4 Å². The van der Waals surface area contributed by atoms with Gasteiger partial charge in [-0.05, 0) is 89.1 Å². The van der Waals surface area contributed by atoms with Crippen LogP contribution in [0.3, 0.4) is 0 Å². The molecule has 23 nitrogen and oxygen atoms in total. The Morgan fingerprint density at radius 2 is 1.46 bits per heavy atom. The maximum Gasteiger partial charge on any atom is 0.416 e. The van der Waals surface area contributed by atoms with E-state index in [0.717, 1.165) is 10.5 Å². The number of hydrogen-bond acceptors (Lipinski definition) is 18. The fourth-order valence-electron chi connectivity index (χ4n) is 10.0. The molecule has 5 aliphatic rings. The molecule has 1 unspecified atom stereocenters. The van der Waals surface area contributed by atoms with E-state index in [2.05, 4.69) is 23.5 Å². The topological polar surface area (TPSA) is 294 Å². The van der Waals surface area contributed by atoms with Crippen LogP contribution in [-0.2, 0) is 25.6 Å². The fourth-order valence-corrected chi connectivity index (χ4v) is 10.0. The van der Waals surface area contributed by atoms with Crippen LogP contribution in [0.15, 0.2) is 71.8 Å². The first-order valence-electron chi connectivity index (χ1n) is 25.7. The van der Waals surface area contributed by atoms with E-state index < -0.39 is 79.1 Å². The Hall–Kier alpha value is -7.28. The van der Waals surface area contributed by atoms with Crippen molar-refractivity contribution in [3.8, 4) is 28.7 Å². The molecule has 0 radical (unpaired) electrons. The quantitative estimate of drug-likeness (QED) is 0.0641. The van der Waals surface area contributed by atoms with Gasteiger partial charge in [0.05, 0.1) is 73.2 Å². The monoisotopic (exact) mass is 1090 g/mol. The van der Waals surface area contributed by atoms with Crippen molar-refractivity contribution in [2.75, 3.05) is 58.6 Å². The molecule has 4 amide bonds. The zero-order chi connectivity index (χ0) is 56.2. The molecule has 3 fully saturated rings. The summed E-state index contributed by atoms with van der Waals surface area (Å²) in [5.41, 5.74) is 1.99. The van der Waals surface area contributed by atoms with E-state index in [4.69, 9.17) is 37.9 Å². The minimum absolute atomic E-state index is 0.0157. The summed E-state index contributed by atoms with van der Waals surface area (Å²) in [5.74, 6) is -1.98. The van der Waals surface area contributed by atoms with Gasteiger partial charge >= 0.3 is 12.1 Å². The lowest BCUT2D eigenvalue weighted by Gasteiger charge is -2.38. The minimum atomic E-state index is -1.99. The maximum absolute atomic E-state index is 14.4. The number of fused-ring (bicyclic) bond motifs is 4. The second-order valence-electron chi connectivity index (χ2n) is 20.2. The number of aliphatic hydroxyl groups is 4. The summed E-state index contributed by atoms with van der Waals surface area (Å²) in [6, 6.07) is 9.20. The van der Waals surface area contributed by atoms with Crippen LogP contribution in [0, 0.1) is 0 Å². The van der Waals surface area contributed by atoms with Gasteiger partial charge in [0.25, 0.3) is 17.7 Å². The number of methoxy groups -OCH3 is 2. The van der Waals surface area contributed by atoms with Crippen molar-refractivity contribution >= 4 is 47.4 Å². The number of aliphatic imine (C=N–C) groups is 1. The molecule has 5 heterocycles. The van der Waals surface area contributed by atoms with E-state index in [1.165, 1.54) is 49.5 Å². The minimum Gasteiger partial charge on any atom is -0.493 e. The number of carbonyl (C=O) groups is 5. The molecule has 6 N–H and O–H groups in total. The van der Waals surface area contributed by atoms with Crippen molar-refractivity contribution in [3.05, 3.63) is 89.0 Å². The van der Waals surface area contributed by atoms with Crippen LogP contribution >= 0.6 is 0 Å². The van der Waals surface area contributed by atoms with Crippen molar-refractivity contribution in [2.24, 2.45) is 4.99 Å². The summed E-state index contributed by atoms with van der Waals surface area (Å²) in [4.78, 5) is 76.5. The maximum atomic E-state index is 14.4. The highest BCUT2D eigenvalue weighted by Crippen LogP contribution is 2.43. The van der Waals surface area contributed by atoms with Crippen LogP contribution in [0.2, 0.25) is 0 Å². The molecule has 8 rings (SSSR count). The number of benzene rings is 3. The summed E-state index contributed by atoms with van der Waals surface area (Å²) >= 11 is 0. The van der Waals surface area contributed by atoms with Crippen molar-refractivity contribution in [3.63, 3.8) is 0 Å². The lowest BCUT2D eigenvalue weighted by atomic mass is 9.99. The molecule has 23 heteroatoms. The van der Waals surface area contributed by atoms with E-state index in [-0.39, 0.29) is 77.7 Å². The molecule has 3 aromatic rings. The van der Waals surface area contributed by atoms with Gasteiger partial charge in [0, 0.05) is 44.6 Å². The van der Waals surface area contributed by atoms with Crippen LogP contribution < -0.4 is 33.9 Å². The lowest BCUT2D eigenvalue weighted by molar-refractivity contribution is -0.271. The summed E-state index contributed by atoms with van der Waals surface area (Å²) < 4.78 is 46.3. The zero-order valence-electron chi connectivity index (χ0n) is 44.2. The number of aliphatic carboxylic acids is 1. The van der Waals surface area contributed by atoms with Gasteiger partial charge in [-0.3, -0.25) is 19.4 Å². The molecule has 3 saturated heterocycles. The average molecular weight is 1090 g/mol. The number of anilines is 1. The van der Waals surface area contributed by atoms with Crippen molar-refractivity contribution in [1.82, 2.24) is 15.1 Å². The molecule has 8 atom stereocenters. The number of nitrogens with zero attached hydrogens (tertiary/aromatic N) is 4. The Labute approximate surface area is 450 Å². The first-order chi connectivity index (χ1) is 37.2. The Morgan fingerprint density at radius 1 is 0.808 bits per heavy atom. The number of amides is 4. The van der Waals surface area contributed by atoms with E-state index >= 15 is 0 Å². The molecule has 0 saturated carbocycles.